The number of nitrogens with one attached hydrogen (secondary N) is 1. The van der Waals surface area contributed by atoms with E-state index in [-0.39, 0.29) is 24.7 Å². The highest BCUT2D eigenvalue weighted by atomic mass is 19.4. The van der Waals surface area contributed by atoms with E-state index in [0.29, 0.717) is 6.42 Å². The summed E-state index contributed by atoms with van der Waals surface area (Å²) < 4.78 is 51.1. The van der Waals surface area contributed by atoms with Gasteiger partial charge in [0.05, 0.1) is 5.70 Å². The molecule has 1 aromatic carbocycles. The molecule has 0 atom stereocenters. The van der Waals surface area contributed by atoms with Crippen LogP contribution in [0.3, 0.4) is 0 Å². The lowest BCUT2D eigenvalue weighted by molar-refractivity contribution is -0.127. The molecule has 0 spiro atoms. The molecule has 25 heavy (non-hydrogen) atoms. The maximum atomic E-state index is 13.8. The Morgan fingerprint density at radius 2 is 1.92 bits per heavy atom. The third-order valence-corrected chi connectivity index (χ3v) is 3.49. The van der Waals surface area contributed by atoms with E-state index in [9.17, 15) is 22.4 Å². The first-order valence-electron chi connectivity index (χ1n) is 7.82. The van der Waals surface area contributed by atoms with Crippen LogP contribution in [0.25, 0.3) is 0 Å². The van der Waals surface area contributed by atoms with Crippen LogP contribution < -0.4 is 5.73 Å². The number of unbranched alkanes of at least 4 members (excludes halogenated alkanes) is 2. The van der Waals surface area contributed by atoms with Crippen LogP contribution in [0, 0.1) is 11.2 Å². The fourth-order valence-corrected chi connectivity index (χ4v) is 2.12. The zero-order valence-electron chi connectivity index (χ0n) is 13.9. The Labute approximate surface area is 143 Å². The highest BCUT2D eigenvalue weighted by Gasteiger charge is 2.33. The molecule has 0 aliphatic rings. The molecule has 0 bridgehead atoms. The van der Waals surface area contributed by atoms with Crippen molar-refractivity contribution in [2.45, 2.75) is 38.9 Å². The van der Waals surface area contributed by atoms with Gasteiger partial charge in [0, 0.05) is 18.7 Å². The third-order valence-electron chi connectivity index (χ3n) is 3.49. The van der Waals surface area contributed by atoms with E-state index in [2.05, 4.69) is 0 Å². The Kier molecular flexibility index (Phi) is 7.60. The van der Waals surface area contributed by atoms with E-state index < -0.39 is 29.3 Å². The largest absolute Gasteiger partial charge is 0.432 e. The molecular formula is C17H21F4N3O. The van der Waals surface area contributed by atoms with Gasteiger partial charge in [0.2, 0.25) is 0 Å². The Balaban J connectivity index is 2.98. The summed E-state index contributed by atoms with van der Waals surface area (Å²) in [4.78, 5) is 13.6. The highest BCUT2D eigenvalue weighted by Crippen LogP contribution is 2.18. The molecule has 138 valence electrons. The minimum absolute atomic E-state index is 0.108. The topological polar surface area (TPSA) is 70.2 Å². The van der Waals surface area contributed by atoms with Crippen molar-refractivity contribution >= 4 is 11.6 Å². The summed E-state index contributed by atoms with van der Waals surface area (Å²) in [5, 5.41) is 6.92. The molecule has 3 N–H and O–H groups in total. The van der Waals surface area contributed by atoms with Crippen molar-refractivity contribution in [3.63, 3.8) is 0 Å². The molecule has 0 radical (unpaired) electrons. The number of nitrogens with two attached hydrogens (primary N) is 1. The lowest BCUT2D eigenvalue weighted by Gasteiger charge is -2.23. The quantitative estimate of drug-likeness (QED) is 0.321. The number of halogens is 4. The molecular weight excluding hydrogens is 338 g/mol. The van der Waals surface area contributed by atoms with E-state index in [4.69, 9.17) is 11.1 Å². The number of hydrogen-bond donors (Lipinski definition) is 2. The van der Waals surface area contributed by atoms with E-state index in [1.807, 2.05) is 6.92 Å². The summed E-state index contributed by atoms with van der Waals surface area (Å²) in [6.07, 6.45) is -2.30. The average molecular weight is 359 g/mol. The monoisotopic (exact) mass is 359 g/mol. The second-order valence-electron chi connectivity index (χ2n) is 5.54. The molecule has 4 nitrogen and oxygen atoms in total. The van der Waals surface area contributed by atoms with E-state index in [1.54, 1.807) is 6.07 Å². The maximum Gasteiger partial charge on any atom is 0.432 e. The smallest absolute Gasteiger partial charge is 0.394 e. The number of carbonyl (C=O) groups excluding carboxylic acids is 1. The molecule has 0 unspecified atom stereocenters. The van der Waals surface area contributed by atoms with Gasteiger partial charge in [-0.2, -0.15) is 13.2 Å². The number of alkyl halides is 3. The van der Waals surface area contributed by atoms with Gasteiger partial charge in [0.1, 0.15) is 11.5 Å². The van der Waals surface area contributed by atoms with Crippen molar-refractivity contribution in [1.29, 1.82) is 5.41 Å². The van der Waals surface area contributed by atoms with Crippen LogP contribution in [0.1, 0.15) is 31.7 Å². The fourth-order valence-electron chi connectivity index (χ4n) is 2.12. The summed E-state index contributed by atoms with van der Waals surface area (Å²) in [7, 11) is 0. The van der Waals surface area contributed by atoms with Gasteiger partial charge < -0.3 is 10.6 Å². The summed E-state index contributed by atoms with van der Waals surface area (Å²) in [5.74, 6) is -1.37. The molecule has 0 saturated carbocycles. The van der Waals surface area contributed by atoms with Crippen molar-refractivity contribution < 1.29 is 22.4 Å². The molecule has 8 heteroatoms. The molecule has 0 saturated heterocycles. The van der Waals surface area contributed by atoms with E-state index >= 15 is 0 Å². The average Bonchev–Trinajstić information content (AvgIpc) is 2.54. The van der Waals surface area contributed by atoms with Gasteiger partial charge in [0.25, 0.3) is 5.91 Å². The number of nitrogens with zero attached hydrogens (tertiary/aromatic N) is 1. The van der Waals surface area contributed by atoms with Crippen LogP contribution in [0.5, 0.6) is 0 Å². The van der Waals surface area contributed by atoms with Crippen LogP contribution in [0.15, 0.2) is 36.0 Å². The Morgan fingerprint density at radius 1 is 1.28 bits per heavy atom. The van der Waals surface area contributed by atoms with Crippen molar-refractivity contribution in [3.05, 3.63) is 47.4 Å². The number of benzene rings is 1. The number of amides is 1. The normalized spacial score (nSPS) is 12.1. The van der Waals surface area contributed by atoms with Gasteiger partial charge in [0.15, 0.2) is 0 Å². The number of allylic oxidation sites excluding steroid dienone is 1. The Bertz CT molecular complexity index is 641. The summed E-state index contributed by atoms with van der Waals surface area (Å²) in [6, 6.07) is 5.84. The van der Waals surface area contributed by atoms with Gasteiger partial charge in [-0.05, 0) is 18.6 Å². The summed E-state index contributed by atoms with van der Waals surface area (Å²) >= 11 is 0. The maximum absolute atomic E-state index is 13.8. The molecule has 1 rings (SSSR count). The minimum atomic E-state index is -4.89. The van der Waals surface area contributed by atoms with Crippen LogP contribution >= 0.6 is 0 Å². The number of hydrogen-bond acceptors (Lipinski definition) is 3. The highest BCUT2D eigenvalue weighted by molar-refractivity contribution is 6.04. The van der Waals surface area contributed by atoms with Gasteiger partial charge >= 0.3 is 6.18 Å². The molecule has 0 heterocycles. The van der Waals surface area contributed by atoms with Crippen LogP contribution in [0.2, 0.25) is 0 Å². The zero-order chi connectivity index (χ0) is 19.0. The zero-order valence-corrected chi connectivity index (χ0v) is 13.9. The Hall–Kier alpha value is -2.38. The molecule has 0 aliphatic heterocycles. The fraction of sp³-hybridized carbons (Fsp3) is 0.412. The van der Waals surface area contributed by atoms with Gasteiger partial charge in [-0.1, -0.05) is 38.0 Å². The standard InChI is InChI=1S/C17H21F4N3O/c1-2-3-6-9-24(11-12-7-4-5-8-13(12)18)16(25)14(22)10-15(23)17(19,20)21/h4-5,7-8,10,23H,2-3,6,9,11,22H2,1H3/b14-10-,23-15?. The summed E-state index contributed by atoms with van der Waals surface area (Å²) in [6.45, 7) is 2.08. The van der Waals surface area contributed by atoms with Crippen molar-refractivity contribution in [1.82, 2.24) is 4.90 Å². The van der Waals surface area contributed by atoms with Crippen LogP contribution in [-0.4, -0.2) is 29.2 Å². The lowest BCUT2D eigenvalue weighted by Crippen LogP contribution is -2.36. The number of carbonyl (C=O) groups is 1. The molecule has 0 fully saturated rings. The number of rotatable bonds is 8. The van der Waals surface area contributed by atoms with Crippen LogP contribution in [0.4, 0.5) is 17.6 Å². The lowest BCUT2D eigenvalue weighted by atomic mass is 10.1. The van der Waals surface area contributed by atoms with Gasteiger partial charge in [-0.15, -0.1) is 0 Å². The van der Waals surface area contributed by atoms with Crippen LogP contribution in [-0.2, 0) is 11.3 Å². The van der Waals surface area contributed by atoms with Crippen molar-refractivity contribution in [2.75, 3.05) is 6.54 Å². The van der Waals surface area contributed by atoms with E-state index in [1.165, 1.54) is 23.1 Å². The Morgan fingerprint density at radius 3 is 2.48 bits per heavy atom. The molecule has 1 aromatic rings. The summed E-state index contributed by atoms with van der Waals surface area (Å²) in [5.41, 5.74) is 3.28. The second kappa shape index (κ2) is 9.19. The predicted molar refractivity (Wildman–Crippen MR) is 87.4 cm³/mol. The van der Waals surface area contributed by atoms with E-state index in [0.717, 1.165) is 12.8 Å². The second-order valence-corrected chi connectivity index (χ2v) is 5.54. The first kappa shape index (κ1) is 20.7. The minimum Gasteiger partial charge on any atom is -0.394 e. The predicted octanol–water partition coefficient (Wildman–Crippen LogP) is 3.77. The molecule has 0 aliphatic carbocycles. The molecule has 0 aromatic heterocycles. The first-order valence-corrected chi connectivity index (χ1v) is 7.82. The van der Waals surface area contributed by atoms with Crippen molar-refractivity contribution in [2.24, 2.45) is 5.73 Å². The SMILES string of the molecule is CCCCCN(Cc1ccccc1F)C(=O)/C(N)=C/C(=N)C(F)(F)F. The van der Waals surface area contributed by atoms with Crippen molar-refractivity contribution in [3.8, 4) is 0 Å². The first-order chi connectivity index (χ1) is 11.7. The third kappa shape index (κ3) is 6.56. The van der Waals surface area contributed by atoms with Gasteiger partial charge in [-0.3, -0.25) is 10.2 Å². The molecule has 1 amide bonds. The van der Waals surface area contributed by atoms with Gasteiger partial charge in [-0.25, -0.2) is 4.39 Å².